The molecule has 4 rings (SSSR count). The highest BCUT2D eigenvalue weighted by atomic mass is 16.1. The SMILES string of the molecule is CC(=O)Nc1ccc(Nc2nccn3c(-c4ccccc4)nnc23)cc1. The maximum Gasteiger partial charge on any atom is 0.221 e. The predicted molar refractivity (Wildman–Crippen MR) is 100 cm³/mol. The molecule has 0 aliphatic rings. The molecule has 0 spiro atoms. The Bertz CT molecular complexity index is 1060. The van der Waals surface area contributed by atoms with Crippen molar-refractivity contribution in [2.75, 3.05) is 10.6 Å². The minimum Gasteiger partial charge on any atom is -0.337 e. The lowest BCUT2D eigenvalue weighted by Gasteiger charge is -2.08. The molecule has 1 amide bonds. The summed E-state index contributed by atoms with van der Waals surface area (Å²) in [6.07, 6.45) is 3.54. The summed E-state index contributed by atoms with van der Waals surface area (Å²) in [4.78, 5) is 15.5. The van der Waals surface area contributed by atoms with Gasteiger partial charge in [-0.1, -0.05) is 30.3 Å². The van der Waals surface area contributed by atoms with E-state index in [1.165, 1.54) is 6.92 Å². The van der Waals surface area contributed by atoms with Gasteiger partial charge in [0, 0.05) is 36.3 Å². The number of aromatic nitrogens is 4. The molecular formula is C19H16N6O. The van der Waals surface area contributed by atoms with Gasteiger partial charge < -0.3 is 10.6 Å². The molecule has 0 bridgehead atoms. The quantitative estimate of drug-likeness (QED) is 0.592. The number of nitrogens with one attached hydrogen (secondary N) is 2. The number of hydrogen-bond acceptors (Lipinski definition) is 5. The van der Waals surface area contributed by atoms with E-state index in [0.29, 0.717) is 11.5 Å². The first-order valence-corrected chi connectivity index (χ1v) is 8.10. The van der Waals surface area contributed by atoms with Crippen molar-refractivity contribution in [2.45, 2.75) is 6.92 Å². The molecule has 26 heavy (non-hydrogen) atoms. The number of amides is 1. The lowest BCUT2D eigenvalue weighted by molar-refractivity contribution is -0.114. The highest BCUT2D eigenvalue weighted by molar-refractivity contribution is 5.89. The Morgan fingerprint density at radius 1 is 0.962 bits per heavy atom. The molecule has 0 saturated heterocycles. The van der Waals surface area contributed by atoms with Crippen LogP contribution in [0, 0.1) is 0 Å². The lowest BCUT2D eigenvalue weighted by Crippen LogP contribution is -2.05. The van der Waals surface area contributed by atoms with E-state index in [-0.39, 0.29) is 5.91 Å². The van der Waals surface area contributed by atoms with Gasteiger partial charge >= 0.3 is 0 Å². The molecule has 0 unspecified atom stereocenters. The van der Waals surface area contributed by atoms with Gasteiger partial charge in [0.25, 0.3) is 0 Å². The molecule has 0 radical (unpaired) electrons. The molecule has 4 aromatic rings. The minimum atomic E-state index is -0.103. The number of hydrogen-bond donors (Lipinski definition) is 2. The van der Waals surface area contributed by atoms with Crippen LogP contribution < -0.4 is 10.6 Å². The summed E-state index contributed by atoms with van der Waals surface area (Å²) < 4.78 is 1.90. The van der Waals surface area contributed by atoms with Gasteiger partial charge in [-0.05, 0) is 24.3 Å². The predicted octanol–water partition coefficient (Wildman–Crippen LogP) is 3.49. The summed E-state index contributed by atoms with van der Waals surface area (Å²) in [5, 5.41) is 14.6. The Kier molecular flexibility index (Phi) is 4.03. The first kappa shape index (κ1) is 15.8. The van der Waals surface area contributed by atoms with Gasteiger partial charge in [-0.25, -0.2) is 4.98 Å². The molecule has 7 nitrogen and oxygen atoms in total. The third-order valence-corrected chi connectivity index (χ3v) is 3.83. The normalized spacial score (nSPS) is 10.7. The maximum atomic E-state index is 11.1. The van der Waals surface area contributed by atoms with Crippen LogP contribution in [0.25, 0.3) is 17.0 Å². The number of carbonyl (C=O) groups is 1. The summed E-state index contributed by atoms with van der Waals surface area (Å²) in [6, 6.07) is 17.3. The van der Waals surface area contributed by atoms with Gasteiger partial charge in [0.2, 0.25) is 11.6 Å². The van der Waals surface area contributed by atoms with Crippen molar-refractivity contribution in [3.63, 3.8) is 0 Å². The van der Waals surface area contributed by atoms with E-state index < -0.39 is 0 Å². The zero-order valence-corrected chi connectivity index (χ0v) is 14.0. The number of benzene rings is 2. The van der Waals surface area contributed by atoms with Crippen molar-refractivity contribution in [3.8, 4) is 11.4 Å². The van der Waals surface area contributed by atoms with E-state index >= 15 is 0 Å². The highest BCUT2D eigenvalue weighted by Crippen LogP contribution is 2.23. The average molecular weight is 344 g/mol. The molecule has 0 fully saturated rings. The van der Waals surface area contributed by atoms with Gasteiger partial charge in [0.15, 0.2) is 11.6 Å². The van der Waals surface area contributed by atoms with Gasteiger partial charge in [0.1, 0.15) is 0 Å². The molecule has 0 aliphatic heterocycles. The van der Waals surface area contributed by atoms with Crippen LogP contribution in [0.3, 0.4) is 0 Å². The van der Waals surface area contributed by atoms with Crippen LogP contribution in [-0.4, -0.2) is 25.5 Å². The largest absolute Gasteiger partial charge is 0.337 e. The van der Waals surface area contributed by atoms with E-state index in [0.717, 1.165) is 22.8 Å². The Morgan fingerprint density at radius 2 is 1.69 bits per heavy atom. The van der Waals surface area contributed by atoms with Crippen LogP contribution in [0.4, 0.5) is 17.2 Å². The van der Waals surface area contributed by atoms with Crippen molar-refractivity contribution in [2.24, 2.45) is 0 Å². The first-order valence-electron chi connectivity index (χ1n) is 8.10. The van der Waals surface area contributed by atoms with E-state index in [4.69, 9.17) is 0 Å². The van der Waals surface area contributed by atoms with Crippen LogP contribution >= 0.6 is 0 Å². The van der Waals surface area contributed by atoms with E-state index in [1.807, 2.05) is 65.2 Å². The Hall–Kier alpha value is -3.74. The van der Waals surface area contributed by atoms with E-state index in [9.17, 15) is 4.79 Å². The summed E-state index contributed by atoms with van der Waals surface area (Å²) in [5.41, 5.74) is 3.20. The van der Waals surface area contributed by atoms with Crippen LogP contribution in [0.5, 0.6) is 0 Å². The Morgan fingerprint density at radius 3 is 2.42 bits per heavy atom. The van der Waals surface area contributed by atoms with Crippen LogP contribution in [-0.2, 0) is 4.79 Å². The summed E-state index contributed by atoms with van der Waals surface area (Å²) in [5.74, 6) is 1.26. The van der Waals surface area contributed by atoms with Crippen LogP contribution in [0.1, 0.15) is 6.92 Å². The van der Waals surface area contributed by atoms with Gasteiger partial charge in [-0.2, -0.15) is 0 Å². The molecule has 128 valence electrons. The van der Waals surface area contributed by atoms with Crippen molar-refractivity contribution < 1.29 is 4.79 Å². The minimum absolute atomic E-state index is 0.103. The highest BCUT2D eigenvalue weighted by Gasteiger charge is 2.12. The number of nitrogens with zero attached hydrogens (tertiary/aromatic N) is 4. The first-order chi connectivity index (χ1) is 12.7. The molecule has 0 saturated carbocycles. The Balaban J connectivity index is 1.65. The van der Waals surface area contributed by atoms with Crippen LogP contribution in [0.15, 0.2) is 67.0 Å². The molecule has 2 N–H and O–H groups in total. The van der Waals surface area contributed by atoms with Crippen LogP contribution in [0.2, 0.25) is 0 Å². The van der Waals surface area contributed by atoms with Gasteiger partial charge in [-0.3, -0.25) is 9.20 Å². The molecule has 7 heteroatoms. The smallest absolute Gasteiger partial charge is 0.221 e. The van der Waals surface area contributed by atoms with Gasteiger partial charge in [0.05, 0.1) is 0 Å². The molecule has 2 aromatic heterocycles. The second-order valence-electron chi connectivity index (χ2n) is 5.74. The topological polar surface area (TPSA) is 84.2 Å². The molecule has 0 aliphatic carbocycles. The third-order valence-electron chi connectivity index (χ3n) is 3.83. The standard InChI is InChI=1S/C19H16N6O/c1-13(26)21-15-7-9-16(10-8-15)22-17-19-24-23-18(25(19)12-11-20-17)14-5-3-2-4-6-14/h2-12H,1H3,(H,20,22)(H,21,26). The maximum absolute atomic E-state index is 11.1. The fourth-order valence-corrected chi connectivity index (χ4v) is 2.68. The number of carbonyl (C=O) groups excluding carboxylic acids is 1. The second-order valence-corrected chi connectivity index (χ2v) is 5.74. The molecule has 2 aromatic carbocycles. The van der Waals surface area contributed by atoms with Crippen molar-refractivity contribution in [1.82, 2.24) is 19.6 Å². The monoisotopic (exact) mass is 344 g/mol. The third kappa shape index (κ3) is 3.10. The van der Waals surface area contributed by atoms with Crippen molar-refractivity contribution >= 4 is 28.7 Å². The second kappa shape index (κ2) is 6.64. The van der Waals surface area contributed by atoms with E-state index in [2.05, 4.69) is 25.8 Å². The lowest BCUT2D eigenvalue weighted by atomic mass is 10.2. The molecule has 0 atom stereocenters. The zero-order valence-electron chi connectivity index (χ0n) is 14.0. The van der Waals surface area contributed by atoms with Gasteiger partial charge in [-0.15, -0.1) is 10.2 Å². The molecule has 2 heterocycles. The van der Waals surface area contributed by atoms with Crippen molar-refractivity contribution in [3.05, 3.63) is 67.0 Å². The van der Waals surface area contributed by atoms with E-state index in [1.54, 1.807) is 6.20 Å². The summed E-state index contributed by atoms with van der Waals surface area (Å²) in [7, 11) is 0. The number of rotatable bonds is 4. The van der Waals surface area contributed by atoms with Crippen molar-refractivity contribution in [1.29, 1.82) is 0 Å². The molecular weight excluding hydrogens is 328 g/mol. The fraction of sp³-hybridized carbons (Fsp3) is 0.0526. The Labute approximate surface area is 149 Å². The summed E-state index contributed by atoms with van der Waals surface area (Å²) in [6.45, 7) is 1.48. The fourth-order valence-electron chi connectivity index (χ4n) is 2.68. The number of fused-ring (bicyclic) bond motifs is 1. The number of anilines is 3. The zero-order chi connectivity index (χ0) is 17.9. The summed E-state index contributed by atoms with van der Waals surface area (Å²) >= 11 is 0. The average Bonchev–Trinajstić information content (AvgIpc) is 3.09.